The summed E-state index contributed by atoms with van der Waals surface area (Å²) >= 11 is 1.64. The topological polar surface area (TPSA) is 87.2 Å². The fourth-order valence-electron chi connectivity index (χ4n) is 5.63. The molecule has 3 rings (SSSR count). The molecule has 3 fully saturated rings. The molecule has 1 spiro atoms. The van der Waals surface area contributed by atoms with Gasteiger partial charge in [-0.05, 0) is 47.0 Å². The summed E-state index contributed by atoms with van der Waals surface area (Å²) < 4.78 is 4.32. The maximum atomic E-state index is 13.8. The Bertz CT molecular complexity index is 728. The van der Waals surface area contributed by atoms with Crippen molar-refractivity contribution in [3.63, 3.8) is 0 Å². The van der Waals surface area contributed by atoms with Crippen molar-refractivity contribution in [3.8, 4) is 0 Å². The molecule has 5 atom stereocenters. The molecule has 0 aromatic heterocycles. The van der Waals surface area contributed by atoms with E-state index in [0.29, 0.717) is 25.9 Å². The number of hydrogen-bond donors (Lipinski definition) is 1. The zero-order chi connectivity index (χ0) is 22.3. The van der Waals surface area contributed by atoms with Gasteiger partial charge in [-0.1, -0.05) is 6.08 Å². The molecule has 1 N–H and O–H groups in total. The van der Waals surface area contributed by atoms with Gasteiger partial charge in [0.15, 0.2) is 0 Å². The summed E-state index contributed by atoms with van der Waals surface area (Å²) in [4.78, 5) is 43.8. The highest BCUT2D eigenvalue weighted by Gasteiger charge is 2.77. The number of nitrogens with zero attached hydrogens (tertiary/aromatic N) is 2. The van der Waals surface area contributed by atoms with Gasteiger partial charge in [0, 0.05) is 30.5 Å². The molecule has 8 heteroatoms. The zero-order valence-electron chi connectivity index (χ0n) is 18.4. The maximum absolute atomic E-state index is 13.8. The number of esters is 1. The molecular weight excluding hydrogens is 404 g/mol. The third-order valence-corrected chi connectivity index (χ3v) is 8.83. The molecule has 0 aromatic carbocycles. The van der Waals surface area contributed by atoms with Crippen LogP contribution in [-0.4, -0.2) is 80.6 Å². The van der Waals surface area contributed by atoms with Gasteiger partial charge >= 0.3 is 5.97 Å². The van der Waals surface area contributed by atoms with E-state index < -0.39 is 27.4 Å². The Morgan fingerprint density at radius 3 is 2.70 bits per heavy atom. The minimum Gasteiger partial charge on any atom is -0.466 e. The molecule has 2 unspecified atom stereocenters. The van der Waals surface area contributed by atoms with Crippen molar-refractivity contribution in [2.45, 2.75) is 68.5 Å². The number of amides is 2. The quantitative estimate of drug-likeness (QED) is 0.437. The van der Waals surface area contributed by atoms with Crippen molar-refractivity contribution in [3.05, 3.63) is 12.7 Å². The summed E-state index contributed by atoms with van der Waals surface area (Å²) in [6.07, 6.45) is 3.58. The highest BCUT2D eigenvalue weighted by molar-refractivity contribution is 8.02. The SMILES string of the molecule is C=CCN(C(=O)C1N(CCCO)C(=O)[C@@H]2[C@@H](C(=O)OCC)[C@@]3(C)CCC12S3)C(C)C. The fraction of sp³-hybridized carbons (Fsp3) is 0.773. The van der Waals surface area contributed by atoms with Gasteiger partial charge in [0.25, 0.3) is 0 Å². The van der Waals surface area contributed by atoms with Crippen molar-refractivity contribution < 1.29 is 24.2 Å². The smallest absolute Gasteiger partial charge is 0.311 e. The number of carbonyl (C=O) groups is 3. The number of fused-ring (bicyclic) bond motifs is 1. The Balaban J connectivity index is 2.06. The van der Waals surface area contributed by atoms with E-state index in [0.717, 1.165) is 6.42 Å². The van der Waals surface area contributed by atoms with Crippen LogP contribution in [0.4, 0.5) is 0 Å². The van der Waals surface area contributed by atoms with Gasteiger partial charge < -0.3 is 19.6 Å². The van der Waals surface area contributed by atoms with Gasteiger partial charge in [0.2, 0.25) is 11.8 Å². The molecule has 0 saturated carbocycles. The first-order valence-electron chi connectivity index (χ1n) is 10.9. The van der Waals surface area contributed by atoms with E-state index in [4.69, 9.17) is 4.74 Å². The molecule has 3 aliphatic rings. The molecule has 2 bridgehead atoms. The van der Waals surface area contributed by atoms with Crippen LogP contribution >= 0.6 is 11.8 Å². The Kier molecular flexibility index (Phi) is 6.58. The van der Waals surface area contributed by atoms with Crippen molar-refractivity contribution in [1.82, 2.24) is 9.80 Å². The van der Waals surface area contributed by atoms with Crippen LogP contribution in [-0.2, 0) is 19.1 Å². The Labute approximate surface area is 183 Å². The first kappa shape index (κ1) is 23.1. The molecular formula is C22H34N2O5S. The summed E-state index contributed by atoms with van der Waals surface area (Å²) in [6.45, 7) is 12.4. The van der Waals surface area contributed by atoms with E-state index in [2.05, 4.69) is 6.58 Å². The number of hydrogen-bond acceptors (Lipinski definition) is 6. The van der Waals surface area contributed by atoms with E-state index in [-0.39, 0.29) is 37.0 Å². The zero-order valence-corrected chi connectivity index (χ0v) is 19.2. The van der Waals surface area contributed by atoms with Crippen LogP contribution in [0.25, 0.3) is 0 Å². The number of ether oxygens (including phenoxy) is 1. The molecule has 0 radical (unpaired) electrons. The van der Waals surface area contributed by atoms with Gasteiger partial charge in [-0.15, -0.1) is 18.3 Å². The normalized spacial score (nSPS) is 34.4. The molecule has 30 heavy (non-hydrogen) atoms. The van der Waals surface area contributed by atoms with E-state index >= 15 is 0 Å². The minimum absolute atomic E-state index is 0.0409. The highest BCUT2D eigenvalue weighted by atomic mass is 32.2. The van der Waals surface area contributed by atoms with Crippen LogP contribution in [0.3, 0.4) is 0 Å². The summed E-state index contributed by atoms with van der Waals surface area (Å²) in [5.74, 6) is -1.71. The number of aliphatic hydroxyl groups excluding tert-OH is 1. The van der Waals surface area contributed by atoms with Crippen LogP contribution in [0.15, 0.2) is 12.7 Å². The first-order chi connectivity index (χ1) is 14.2. The Morgan fingerprint density at radius 2 is 2.13 bits per heavy atom. The summed E-state index contributed by atoms with van der Waals surface area (Å²) in [5, 5.41) is 9.38. The first-order valence-corrected chi connectivity index (χ1v) is 11.7. The van der Waals surface area contributed by atoms with Gasteiger partial charge in [-0.2, -0.15) is 0 Å². The molecule has 2 amide bonds. The molecule has 168 valence electrons. The second-order valence-electron chi connectivity index (χ2n) is 8.96. The lowest BCUT2D eigenvalue weighted by Gasteiger charge is -2.38. The number of likely N-dealkylation sites (tertiary alicyclic amines) is 1. The van der Waals surface area contributed by atoms with Crippen LogP contribution in [0.5, 0.6) is 0 Å². The lowest BCUT2D eigenvalue weighted by molar-refractivity contribution is -0.155. The lowest BCUT2D eigenvalue weighted by atomic mass is 9.66. The van der Waals surface area contributed by atoms with Crippen LogP contribution in [0.2, 0.25) is 0 Å². The van der Waals surface area contributed by atoms with Gasteiger partial charge in [-0.25, -0.2) is 0 Å². The highest BCUT2D eigenvalue weighted by Crippen LogP contribution is 2.71. The Hall–Kier alpha value is -1.54. The summed E-state index contributed by atoms with van der Waals surface area (Å²) in [6, 6.07) is -0.684. The van der Waals surface area contributed by atoms with Gasteiger partial charge in [0.05, 0.1) is 23.2 Å². The van der Waals surface area contributed by atoms with Crippen molar-refractivity contribution in [2.24, 2.45) is 11.8 Å². The largest absolute Gasteiger partial charge is 0.466 e. The van der Waals surface area contributed by atoms with E-state index in [1.54, 1.807) is 34.6 Å². The van der Waals surface area contributed by atoms with Crippen molar-refractivity contribution >= 4 is 29.5 Å². The predicted molar refractivity (Wildman–Crippen MR) is 116 cm³/mol. The number of carbonyl (C=O) groups excluding carboxylic acids is 3. The molecule has 3 heterocycles. The number of aliphatic hydroxyl groups is 1. The fourth-order valence-corrected chi connectivity index (χ4v) is 7.97. The molecule has 3 saturated heterocycles. The standard InChI is InChI=1S/C22H34N2O5S/c1-6-11-23(14(3)4)19(27)17-22-10-9-21(5,30-22)16(20(28)29-7-2)15(22)18(26)24(17)12-8-13-25/h6,14-17,25H,1,7-13H2,2-5H3/t15-,16-,17?,21+,22?/m0/s1. The Morgan fingerprint density at radius 1 is 1.43 bits per heavy atom. The second-order valence-corrected chi connectivity index (χ2v) is 10.9. The lowest BCUT2D eigenvalue weighted by Crippen LogP contribution is -2.56. The number of thioether (sulfide) groups is 1. The van der Waals surface area contributed by atoms with E-state index in [1.807, 2.05) is 20.8 Å². The minimum atomic E-state index is -0.643. The van der Waals surface area contributed by atoms with Crippen molar-refractivity contribution in [2.75, 3.05) is 26.3 Å². The number of rotatable bonds is 9. The summed E-state index contributed by atoms with van der Waals surface area (Å²) in [7, 11) is 0. The third-order valence-electron chi connectivity index (χ3n) is 6.84. The monoisotopic (exact) mass is 438 g/mol. The third kappa shape index (κ3) is 3.36. The molecule has 3 aliphatic heterocycles. The predicted octanol–water partition coefficient (Wildman–Crippen LogP) is 1.84. The van der Waals surface area contributed by atoms with E-state index in [1.165, 1.54) is 0 Å². The van der Waals surface area contributed by atoms with Crippen LogP contribution in [0.1, 0.15) is 47.0 Å². The second kappa shape index (κ2) is 8.54. The molecule has 7 nitrogen and oxygen atoms in total. The summed E-state index contributed by atoms with van der Waals surface area (Å²) in [5.41, 5.74) is 0. The van der Waals surface area contributed by atoms with Gasteiger partial charge in [-0.3, -0.25) is 14.4 Å². The molecule has 0 aromatic rings. The van der Waals surface area contributed by atoms with Gasteiger partial charge in [0.1, 0.15) is 6.04 Å². The van der Waals surface area contributed by atoms with Crippen molar-refractivity contribution in [1.29, 1.82) is 0 Å². The van der Waals surface area contributed by atoms with E-state index in [9.17, 15) is 19.5 Å². The molecule has 0 aliphatic carbocycles. The van der Waals surface area contributed by atoms with Crippen LogP contribution < -0.4 is 0 Å². The van der Waals surface area contributed by atoms with Crippen LogP contribution in [0, 0.1) is 11.8 Å². The average Bonchev–Trinajstić information content (AvgIpc) is 3.25. The average molecular weight is 439 g/mol. The maximum Gasteiger partial charge on any atom is 0.311 e.